The molecule has 0 aliphatic carbocycles. The van der Waals surface area contributed by atoms with Crippen molar-refractivity contribution in [3.63, 3.8) is 0 Å². The Hall–Kier alpha value is -3.41. The van der Waals surface area contributed by atoms with E-state index in [1.165, 1.54) is 0 Å². The molecule has 0 radical (unpaired) electrons. The number of carbonyl (C=O) groups is 2. The van der Waals surface area contributed by atoms with Crippen LogP contribution >= 0.6 is 0 Å². The van der Waals surface area contributed by atoms with E-state index in [-0.39, 0.29) is 18.2 Å². The van der Waals surface area contributed by atoms with Crippen LogP contribution in [-0.4, -0.2) is 28.1 Å². The number of fused-ring (bicyclic) bond motifs is 4. The molecule has 0 saturated carbocycles. The van der Waals surface area contributed by atoms with Gasteiger partial charge in [0.25, 0.3) is 0 Å². The van der Waals surface area contributed by atoms with E-state index >= 15 is 0 Å². The molecular formula is C22H20N4O2. The molecule has 1 aromatic heterocycles. The number of aromatic nitrogens is 2. The van der Waals surface area contributed by atoms with E-state index < -0.39 is 5.41 Å². The van der Waals surface area contributed by atoms with E-state index in [0.717, 1.165) is 28.9 Å². The summed E-state index contributed by atoms with van der Waals surface area (Å²) in [4.78, 5) is 28.3. The summed E-state index contributed by atoms with van der Waals surface area (Å²) in [6, 6.07) is 17.4. The summed E-state index contributed by atoms with van der Waals surface area (Å²) in [7, 11) is 0. The number of benzene rings is 2. The average molecular weight is 372 g/mol. The van der Waals surface area contributed by atoms with E-state index in [9.17, 15) is 9.59 Å². The van der Waals surface area contributed by atoms with Crippen LogP contribution in [0.2, 0.25) is 0 Å². The van der Waals surface area contributed by atoms with Gasteiger partial charge in [0.15, 0.2) is 0 Å². The number of para-hydroxylation sites is 2. The first kappa shape index (κ1) is 16.7. The predicted octanol–water partition coefficient (Wildman–Crippen LogP) is 3.26. The molecule has 2 aliphatic rings. The maximum atomic E-state index is 13.7. The van der Waals surface area contributed by atoms with Gasteiger partial charge in [-0.25, -0.2) is 4.68 Å². The fourth-order valence-electron chi connectivity index (χ4n) is 4.46. The van der Waals surface area contributed by atoms with Crippen molar-refractivity contribution in [3.05, 3.63) is 71.9 Å². The van der Waals surface area contributed by atoms with Crippen LogP contribution < -0.4 is 10.2 Å². The fourth-order valence-corrected chi connectivity index (χ4v) is 4.46. The molecular weight excluding hydrogens is 352 g/mol. The summed E-state index contributed by atoms with van der Waals surface area (Å²) < 4.78 is 1.70. The van der Waals surface area contributed by atoms with Gasteiger partial charge in [0.2, 0.25) is 11.8 Å². The SMILES string of the molecule is CCCN1C(=O)[C@]2(CC(=O)Nc3c2cnn3-c2ccccc2)c2ccccc21. The van der Waals surface area contributed by atoms with Crippen molar-refractivity contribution in [2.75, 3.05) is 16.8 Å². The third-order valence-electron chi connectivity index (χ3n) is 5.63. The summed E-state index contributed by atoms with van der Waals surface area (Å²) in [5, 5.41) is 7.48. The molecule has 2 aliphatic heterocycles. The summed E-state index contributed by atoms with van der Waals surface area (Å²) in [5.74, 6) is 0.356. The number of nitrogens with one attached hydrogen (secondary N) is 1. The minimum Gasteiger partial charge on any atom is -0.311 e. The zero-order valence-corrected chi connectivity index (χ0v) is 15.6. The van der Waals surface area contributed by atoms with Gasteiger partial charge >= 0.3 is 0 Å². The molecule has 3 heterocycles. The van der Waals surface area contributed by atoms with Crippen LogP contribution in [0.3, 0.4) is 0 Å². The number of rotatable bonds is 3. The van der Waals surface area contributed by atoms with Crippen molar-refractivity contribution < 1.29 is 9.59 Å². The lowest BCUT2D eigenvalue weighted by atomic mass is 9.72. The maximum absolute atomic E-state index is 13.7. The molecule has 28 heavy (non-hydrogen) atoms. The largest absolute Gasteiger partial charge is 0.311 e. The number of amides is 2. The van der Waals surface area contributed by atoms with E-state index in [1.54, 1.807) is 10.9 Å². The average Bonchev–Trinajstić information content (AvgIpc) is 3.24. The Labute approximate surface area is 162 Å². The first-order valence-corrected chi connectivity index (χ1v) is 9.52. The van der Waals surface area contributed by atoms with Crippen molar-refractivity contribution in [2.45, 2.75) is 25.2 Å². The van der Waals surface area contributed by atoms with E-state index in [0.29, 0.717) is 12.4 Å². The lowest BCUT2D eigenvalue weighted by molar-refractivity contribution is -0.126. The molecule has 1 N–H and O–H groups in total. The Morgan fingerprint density at radius 1 is 1.04 bits per heavy atom. The number of anilines is 2. The minimum atomic E-state index is -1.02. The normalized spacial score (nSPS) is 20.2. The van der Waals surface area contributed by atoms with Crippen molar-refractivity contribution in [1.82, 2.24) is 9.78 Å². The lowest BCUT2D eigenvalue weighted by Gasteiger charge is -2.32. The van der Waals surface area contributed by atoms with Gasteiger partial charge in [0, 0.05) is 24.2 Å². The molecule has 6 nitrogen and oxygen atoms in total. The smallest absolute Gasteiger partial charge is 0.242 e. The van der Waals surface area contributed by atoms with Crippen molar-refractivity contribution >= 4 is 23.3 Å². The van der Waals surface area contributed by atoms with Crippen LogP contribution in [0.5, 0.6) is 0 Å². The van der Waals surface area contributed by atoms with E-state index in [2.05, 4.69) is 10.4 Å². The van der Waals surface area contributed by atoms with Crippen LogP contribution in [0, 0.1) is 0 Å². The zero-order valence-electron chi connectivity index (χ0n) is 15.6. The highest BCUT2D eigenvalue weighted by atomic mass is 16.2. The zero-order chi connectivity index (χ0) is 19.3. The Bertz CT molecular complexity index is 1090. The number of hydrogen-bond donors (Lipinski definition) is 1. The first-order chi connectivity index (χ1) is 13.7. The molecule has 0 bridgehead atoms. The second-order valence-corrected chi connectivity index (χ2v) is 7.26. The highest BCUT2D eigenvalue weighted by Gasteiger charge is 2.56. The Morgan fingerprint density at radius 3 is 2.57 bits per heavy atom. The molecule has 140 valence electrons. The lowest BCUT2D eigenvalue weighted by Crippen LogP contribution is -2.46. The quantitative estimate of drug-likeness (QED) is 0.767. The second-order valence-electron chi connectivity index (χ2n) is 7.26. The maximum Gasteiger partial charge on any atom is 0.242 e. The molecule has 6 heteroatoms. The van der Waals surface area contributed by atoms with Gasteiger partial charge in [-0.15, -0.1) is 0 Å². The Morgan fingerprint density at radius 2 is 1.79 bits per heavy atom. The highest BCUT2D eigenvalue weighted by molar-refractivity contribution is 6.15. The molecule has 2 amide bonds. The first-order valence-electron chi connectivity index (χ1n) is 9.52. The Kier molecular flexibility index (Phi) is 3.62. The summed E-state index contributed by atoms with van der Waals surface area (Å²) >= 11 is 0. The second kappa shape index (κ2) is 6.05. The van der Waals surface area contributed by atoms with Gasteiger partial charge in [0.05, 0.1) is 11.9 Å². The molecule has 3 aromatic rings. The minimum absolute atomic E-state index is 0.0424. The summed E-state index contributed by atoms with van der Waals surface area (Å²) in [5.41, 5.74) is 2.35. The summed E-state index contributed by atoms with van der Waals surface area (Å²) in [6.45, 7) is 2.68. The van der Waals surface area contributed by atoms with Crippen LogP contribution in [0.15, 0.2) is 60.8 Å². The van der Waals surface area contributed by atoms with Gasteiger partial charge in [-0.3, -0.25) is 9.59 Å². The molecule has 1 atom stereocenters. The molecule has 0 unspecified atom stereocenters. The van der Waals surface area contributed by atoms with Crippen LogP contribution in [0.1, 0.15) is 30.9 Å². The van der Waals surface area contributed by atoms with E-state index in [4.69, 9.17) is 0 Å². The van der Waals surface area contributed by atoms with Gasteiger partial charge in [-0.05, 0) is 30.2 Å². The number of nitrogens with zero attached hydrogens (tertiary/aromatic N) is 3. The third kappa shape index (κ3) is 2.11. The molecule has 0 saturated heterocycles. The topological polar surface area (TPSA) is 67.2 Å². The molecule has 5 rings (SSSR count). The fraction of sp³-hybridized carbons (Fsp3) is 0.227. The van der Waals surface area contributed by atoms with Gasteiger partial charge in [-0.1, -0.05) is 43.3 Å². The number of hydrogen-bond acceptors (Lipinski definition) is 3. The standard InChI is InChI=1S/C22H20N4O2/c1-2-12-25-18-11-7-6-10-16(18)22(21(25)28)13-19(27)24-20-17(22)14-23-26(20)15-8-4-3-5-9-15/h3-11,14H,2,12-13H2,1H3,(H,24,27)/t22-/m1/s1. The van der Waals surface area contributed by atoms with Crippen molar-refractivity contribution in [1.29, 1.82) is 0 Å². The van der Waals surface area contributed by atoms with Crippen molar-refractivity contribution in [3.8, 4) is 5.69 Å². The van der Waals surface area contributed by atoms with Gasteiger partial charge < -0.3 is 10.2 Å². The Balaban J connectivity index is 1.76. The van der Waals surface area contributed by atoms with Crippen LogP contribution in [0.25, 0.3) is 5.69 Å². The van der Waals surface area contributed by atoms with Gasteiger partial charge in [-0.2, -0.15) is 5.10 Å². The summed E-state index contributed by atoms with van der Waals surface area (Å²) in [6.07, 6.45) is 2.67. The molecule has 0 fully saturated rings. The van der Waals surface area contributed by atoms with Gasteiger partial charge in [0.1, 0.15) is 11.2 Å². The third-order valence-corrected chi connectivity index (χ3v) is 5.63. The molecule has 2 aromatic carbocycles. The highest BCUT2D eigenvalue weighted by Crippen LogP contribution is 2.52. The van der Waals surface area contributed by atoms with Crippen LogP contribution in [0.4, 0.5) is 11.5 Å². The molecule has 1 spiro atoms. The van der Waals surface area contributed by atoms with Crippen LogP contribution in [-0.2, 0) is 15.0 Å². The van der Waals surface area contributed by atoms with Crippen molar-refractivity contribution in [2.24, 2.45) is 0 Å². The number of carbonyl (C=O) groups excluding carboxylic acids is 2. The predicted molar refractivity (Wildman–Crippen MR) is 107 cm³/mol. The van der Waals surface area contributed by atoms with E-state index in [1.807, 2.05) is 66.4 Å². The monoisotopic (exact) mass is 372 g/mol.